The van der Waals surface area contributed by atoms with E-state index in [1.807, 2.05) is 6.92 Å². The number of methoxy groups -OCH3 is 1. The number of carbonyl (C=O) groups is 2. The summed E-state index contributed by atoms with van der Waals surface area (Å²) in [6, 6.07) is 3.53. The Labute approximate surface area is 116 Å². The topological polar surface area (TPSA) is 105 Å². The zero-order chi connectivity index (χ0) is 15.1. The number of ether oxygens (including phenoxy) is 2. The smallest absolute Gasteiger partial charge is 0.325 e. The molecule has 0 saturated heterocycles. The third-order valence-corrected chi connectivity index (χ3v) is 2.53. The first-order chi connectivity index (χ1) is 9.49. The Morgan fingerprint density at radius 2 is 2.00 bits per heavy atom. The molecule has 1 unspecified atom stereocenters. The third-order valence-electron chi connectivity index (χ3n) is 2.53. The molecule has 110 valence electrons. The summed E-state index contributed by atoms with van der Waals surface area (Å²) in [4.78, 5) is 21.7. The summed E-state index contributed by atoms with van der Waals surface area (Å²) in [7, 11) is 1.45. The van der Waals surface area contributed by atoms with E-state index >= 15 is 0 Å². The van der Waals surface area contributed by atoms with Crippen molar-refractivity contribution in [1.82, 2.24) is 5.32 Å². The highest BCUT2D eigenvalue weighted by atomic mass is 16.5. The van der Waals surface area contributed by atoms with Crippen LogP contribution in [-0.2, 0) is 9.59 Å². The van der Waals surface area contributed by atoms with Crippen LogP contribution in [0.15, 0.2) is 18.2 Å². The number of hydrogen-bond donors (Lipinski definition) is 3. The second kappa shape index (κ2) is 7.34. The maximum Gasteiger partial charge on any atom is 0.325 e. The van der Waals surface area contributed by atoms with E-state index in [-0.39, 0.29) is 0 Å². The van der Waals surface area contributed by atoms with Crippen molar-refractivity contribution in [2.45, 2.75) is 13.0 Å². The lowest BCUT2D eigenvalue weighted by Gasteiger charge is -2.16. The predicted molar refractivity (Wildman–Crippen MR) is 70.2 cm³/mol. The van der Waals surface area contributed by atoms with Crippen LogP contribution in [0, 0.1) is 0 Å². The minimum atomic E-state index is -1.17. The maximum absolute atomic E-state index is 11.2. The molecule has 1 aromatic rings. The molecule has 7 heteroatoms. The van der Waals surface area contributed by atoms with Crippen molar-refractivity contribution in [2.24, 2.45) is 0 Å². The van der Waals surface area contributed by atoms with Gasteiger partial charge in [-0.2, -0.15) is 0 Å². The molecule has 0 bridgehead atoms. The molecular formula is C13H17NO6. The summed E-state index contributed by atoms with van der Waals surface area (Å²) < 4.78 is 10.5. The van der Waals surface area contributed by atoms with Gasteiger partial charge in [-0.15, -0.1) is 0 Å². The van der Waals surface area contributed by atoms with Crippen LogP contribution >= 0.6 is 0 Å². The van der Waals surface area contributed by atoms with E-state index in [4.69, 9.17) is 19.7 Å². The molecule has 0 fully saturated rings. The maximum atomic E-state index is 11.2. The summed E-state index contributed by atoms with van der Waals surface area (Å²) in [6.07, 6.45) is 0. The van der Waals surface area contributed by atoms with Gasteiger partial charge < -0.3 is 19.7 Å². The molecule has 0 saturated carbocycles. The normalized spacial score (nSPS) is 11.7. The highest BCUT2D eigenvalue weighted by molar-refractivity contribution is 5.77. The highest BCUT2D eigenvalue weighted by Crippen LogP contribution is 2.30. The molecule has 0 heterocycles. The first-order valence-electron chi connectivity index (χ1n) is 5.98. The minimum Gasteiger partial charge on any atom is -0.493 e. The van der Waals surface area contributed by atoms with Gasteiger partial charge in [0.2, 0.25) is 0 Å². The second-order valence-corrected chi connectivity index (χ2v) is 3.89. The van der Waals surface area contributed by atoms with Crippen molar-refractivity contribution < 1.29 is 29.3 Å². The zero-order valence-electron chi connectivity index (χ0n) is 11.3. The molecule has 0 aliphatic heterocycles. The summed E-state index contributed by atoms with van der Waals surface area (Å²) in [6.45, 7) is 1.82. The van der Waals surface area contributed by atoms with E-state index < -0.39 is 24.5 Å². The molecule has 1 atom stereocenters. The van der Waals surface area contributed by atoms with Gasteiger partial charge in [0.1, 0.15) is 6.04 Å². The Kier molecular flexibility index (Phi) is 5.79. The van der Waals surface area contributed by atoms with Crippen molar-refractivity contribution in [3.63, 3.8) is 0 Å². The van der Waals surface area contributed by atoms with Gasteiger partial charge in [0, 0.05) is 0 Å². The van der Waals surface area contributed by atoms with E-state index in [2.05, 4.69) is 5.32 Å². The summed E-state index contributed by atoms with van der Waals surface area (Å²) in [5.74, 6) is -1.40. The van der Waals surface area contributed by atoms with Crippen LogP contribution in [0.5, 0.6) is 11.5 Å². The van der Waals surface area contributed by atoms with Gasteiger partial charge in [0.05, 0.1) is 20.3 Å². The van der Waals surface area contributed by atoms with E-state index in [1.165, 1.54) is 13.2 Å². The lowest BCUT2D eigenvalue weighted by Crippen LogP contribution is -2.32. The fraction of sp³-hybridized carbons (Fsp3) is 0.385. The standard InChI is InChI=1S/C13H17NO6/c1-3-20-9-5-4-8(6-10(9)19-2)12(13(17)18)14-7-11(15)16/h4-6,12,14H,3,7H2,1-2H3,(H,15,16)(H,17,18). The first-order valence-corrected chi connectivity index (χ1v) is 5.98. The van der Waals surface area contributed by atoms with Crippen LogP contribution in [0.3, 0.4) is 0 Å². The van der Waals surface area contributed by atoms with Crippen LogP contribution in [-0.4, -0.2) is 42.4 Å². The number of aliphatic carboxylic acids is 2. The Hall–Kier alpha value is -2.28. The van der Waals surface area contributed by atoms with Crippen molar-refractivity contribution in [3.05, 3.63) is 23.8 Å². The zero-order valence-corrected chi connectivity index (χ0v) is 11.3. The number of rotatable bonds is 8. The predicted octanol–water partition coefficient (Wildman–Crippen LogP) is 0.894. The summed E-state index contributed by atoms with van der Waals surface area (Å²) in [5.41, 5.74) is 0.388. The first kappa shape index (κ1) is 15.8. The number of nitrogens with one attached hydrogen (secondary N) is 1. The Bertz CT molecular complexity index is 488. The van der Waals surface area contributed by atoms with Gasteiger partial charge in [-0.25, -0.2) is 0 Å². The highest BCUT2D eigenvalue weighted by Gasteiger charge is 2.21. The van der Waals surface area contributed by atoms with Crippen molar-refractivity contribution in [1.29, 1.82) is 0 Å². The van der Waals surface area contributed by atoms with Crippen molar-refractivity contribution in [2.75, 3.05) is 20.3 Å². The largest absolute Gasteiger partial charge is 0.493 e. The molecule has 3 N–H and O–H groups in total. The van der Waals surface area contributed by atoms with Gasteiger partial charge >= 0.3 is 11.9 Å². The van der Waals surface area contributed by atoms with Crippen LogP contribution < -0.4 is 14.8 Å². The number of carboxylic acids is 2. The van der Waals surface area contributed by atoms with Gasteiger partial charge in [0.15, 0.2) is 11.5 Å². The number of hydrogen-bond acceptors (Lipinski definition) is 5. The van der Waals surface area contributed by atoms with Gasteiger partial charge in [-0.3, -0.25) is 14.9 Å². The number of carboxylic acid groups (broad SMARTS) is 2. The van der Waals surface area contributed by atoms with Gasteiger partial charge in [0.25, 0.3) is 0 Å². The van der Waals surface area contributed by atoms with Crippen LogP contribution in [0.1, 0.15) is 18.5 Å². The van der Waals surface area contributed by atoms with Crippen molar-refractivity contribution in [3.8, 4) is 11.5 Å². The Morgan fingerprint density at radius 3 is 2.50 bits per heavy atom. The van der Waals surface area contributed by atoms with Crippen molar-refractivity contribution >= 4 is 11.9 Å². The van der Waals surface area contributed by atoms with E-state index in [9.17, 15) is 9.59 Å². The summed E-state index contributed by atoms with van der Waals surface area (Å²) >= 11 is 0. The summed E-state index contributed by atoms with van der Waals surface area (Å²) in [5, 5.41) is 20.2. The van der Waals surface area contributed by atoms with Crippen LogP contribution in [0.2, 0.25) is 0 Å². The fourth-order valence-corrected chi connectivity index (χ4v) is 1.68. The molecule has 0 aromatic heterocycles. The second-order valence-electron chi connectivity index (χ2n) is 3.89. The van der Waals surface area contributed by atoms with Crippen LogP contribution in [0.4, 0.5) is 0 Å². The molecule has 0 amide bonds. The Morgan fingerprint density at radius 1 is 1.30 bits per heavy atom. The van der Waals surface area contributed by atoms with E-state index in [0.29, 0.717) is 23.7 Å². The molecule has 7 nitrogen and oxygen atoms in total. The molecule has 20 heavy (non-hydrogen) atoms. The fourth-order valence-electron chi connectivity index (χ4n) is 1.68. The SMILES string of the molecule is CCOc1ccc(C(NCC(=O)O)C(=O)O)cc1OC. The van der Waals surface area contributed by atoms with Gasteiger partial charge in [-0.05, 0) is 24.6 Å². The molecule has 1 rings (SSSR count). The van der Waals surface area contributed by atoms with Crippen LogP contribution in [0.25, 0.3) is 0 Å². The average Bonchev–Trinajstić information content (AvgIpc) is 2.39. The molecular weight excluding hydrogens is 266 g/mol. The molecule has 0 spiro atoms. The molecule has 0 aliphatic carbocycles. The third kappa shape index (κ3) is 4.13. The lowest BCUT2D eigenvalue weighted by molar-refractivity contribution is -0.140. The molecule has 0 radical (unpaired) electrons. The molecule has 0 aliphatic rings. The van der Waals surface area contributed by atoms with Gasteiger partial charge in [-0.1, -0.05) is 6.07 Å². The lowest BCUT2D eigenvalue weighted by atomic mass is 10.1. The quantitative estimate of drug-likeness (QED) is 0.650. The Balaban J connectivity index is 3.01. The van der Waals surface area contributed by atoms with E-state index in [0.717, 1.165) is 0 Å². The average molecular weight is 283 g/mol. The molecule has 1 aromatic carbocycles. The number of benzene rings is 1. The minimum absolute atomic E-state index is 0.388. The van der Waals surface area contributed by atoms with E-state index in [1.54, 1.807) is 12.1 Å². The monoisotopic (exact) mass is 283 g/mol.